The summed E-state index contributed by atoms with van der Waals surface area (Å²) in [4.78, 5) is 0. The van der Waals surface area contributed by atoms with Gasteiger partial charge in [0.15, 0.2) is 0 Å². The fourth-order valence-corrected chi connectivity index (χ4v) is 28.3. The third kappa shape index (κ3) is 13.4. The molecule has 590 valence electrons. The molecule has 0 radical (unpaired) electrons. The topological polar surface area (TPSA) is 36.9 Å². The van der Waals surface area contributed by atoms with E-state index in [-0.39, 0.29) is 23.7 Å². The van der Waals surface area contributed by atoms with Gasteiger partial charge in [-0.05, 0) is 115 Å². The molecule has 0 amide bonds. The molecule has 0 aliphatic heterocycles. The van der Waals surface area contributed by atoms with Gasteiger partial charge in [-0.15, -0.1) is 91.6 Å². The molecule has 4 nitrogen and oxygen atoms in total. The number of fused-ring (bicyclic) bond motifs is 12. The monoisotopic (exact) mass is 1700 g/mol. The number of allylic oxidation sites excluding steroid dienone is 12. The molecule has 0 saturated heterocycles. The first-order valence-corrected chi connectivity index (χ1v) is 53.1. The van der Waals surface area contributed by atoms with Crippen LogP contribution in [0.5, 0.6) is 23.0 Å². The average Bonchev–Trinajstić information content (AvgIpc) is 1.66. The fraction of sp³-hybridized carbons (Fsp3) is 0.164. The number of ether oxygens (including phenoxy) is 4. The third-order valence-corrected chi connectivity index (χ3v) is 32.4. The summed E-state index contributed by atoms with van der Waals surface area (Å²) >= 11 is -0.826. The van der Waals surface area contributed by atoms with E-state index in [0.29, 0.717) is 0 Å². The molecule has 0 aromatic heterocycles. The number of methoxy groups -OCH3 is 4. The van der Waals surface area contributed by atoms with Gasteiger partial charge in [0, 0.05) is 60.7 Å². The van der Waals surface area contributed by atoms with E-state index < -0.39 is 38.4 Å². The van der Waals surface area contributed by atoms with Gasteiger partial charge < -0.3 is 18.9 Å². The summed E-state index contributed by atoms with van der Waals surface area (Å²) < 4.78 is 24.5. The minimum atomic E-state index is -1.77. The number of rotatable bonds is 16. The molecule has 0 bridgehead atoms. The Morgan fingerprint density at radius 3 is 0.580 bits per heavy atom. The van der Waals surface area contributed by atoms with Gasteiger partial charge in [-0.25, -0.2) is 0 Å². The summed E-state index contributed by atoms with van der Waals surface area (Å²) in [6.45, 7) is 14.6. The van der Waals surface area contributed by atoms with E-state index in [1.807, 2.05) is 0 Å². The Balaban J connectivity index is 0.000000158. The second-order valence-electron chi connectivity index (χ2n) is 31.8. The number of halogens is 2. The van der Waals surface area contributed by atoms with Crippen LogP contribution in [-0.2, 0) is 46.5 Å². The van der Waals surface area contributed by atoms with Crippen LogP contribution in [0.3, 0.4) is 0 Å². The molecule has 0 heterocycles. The summed E-state index contributed by atoms with van der Waals surface area (Å²) in [5, 5.41) is 25.7. The van der Waals surface area contributed by atoms with Crippen molar-refractivity contribution in [2.24, 2.45) is 0 Å². The van der Waals surface area contributed by atoms with Crippen molar-refractivity contribution in [3.63, 3.8) is 0 Å². The van der Waals surface area contributed by atoms with Crippen molar-refractivity contribution in [3.05, 3.63) is 380 Å². The zero-order valence-corrected chi connectivity index (χ0v) is 75.5. The van der Waals surface area contributed by atoms with Gasteiger partial charge in [0.05, 0.1) is 28.4 Å². The predicted octanol–water partition coefficient (Wildman–Crippen LogP) is 25.9. The van der Waals surface area contributed by atoms with Crippen LogP contribution in [0, 0.1) is 0 Å². The van der Waals surface area contributed by atoms with Gasteiger partial charge in [0.2, 0.25) is 0 Å². The zero-order valence-electron chi connectivity index (χ0n) is 69.2. The number of benzene rings is 12. The summed E-state index contributed by atoms with van der Waals surface area (Å²) in [5.74, 6) is 4.18. The van der Waals surface area contributed by atoms with E-state index in [9.17, 15) is 0 Å². The molecule has 0 saturated carbocycles. The Morgan fingerprint density at radius 2 is 0.429 bits per heavy atom. The Labute approximate surface area is 721 Å². The summed E-state index contributed by atoms with van der Waals surface area (Å²) in [5.41, 5.74) is 22.7. The van der Waals surface area contributed by atoms with E-state index in [1.54, 1.807) is 49.2 Å². The summed E-state index contributed by atoms with van der Waals surface area (Å²) in [6.07, 6.45) is 41.6. The molecule has 4 unspecified atom stereocenters. The molecule has 9 heteroatoms. The van der Waals surface area contributed by atoms with E-state index in [0.717, 1.165) is 91.8 Å². The third-order valence-electron chi connectivity index (χ3n) is 26.2. The summed E-state index contributed by atoms with van der Waals surface area (Å²) in [6, 6.07) is 80.7. The minimum absolute atomic E-state index is 0.0958. The first kappa shape index (κ1) is 79.3. The molecule has 0 N–H and O–H groups in total. The number of aryl methyl sites for hydroxylation is 4. The molecular weight excluding hydrogens is 1600 g/mol. The van der Waals surface area contributed by atoms with Crippen LogP contribution in [-0.4, -0.2) is 46.0 Å². The van der Waals surface area contributed by atoms with Crippen LogP contribution in [0.15, 0.2) is 291 Å². The van der Waals surface area contributed by atoms with Crippen molar-refractivity contribution >= 4 is 166 Å². The van der Waals surface area contributed by atoms with E-state index in [2.05, 4.69) is 356 Å². The van der Waals surface area contributed by atoms with Crippen LogP contribution >= 0.6 is 17.0 Å². The molecule has 0 spiro atoms. The molecule has 4 aliphatic rings. The molecule has 16 aromatic carbocycles. The quantitative estimate of drug-likeness (QED) is 0.0549. The molecule has 20 rings (SSSR count). The van der Waals surface area contributed by atoms with Crippen LogP contribution in [0.4, 0.5) is 0 Å². The SMILES string of the molecule is CCc1cc2c([c-]1[SiH](C)[c-]1c(CC)cc3c1C=CC=CC3c1c3ccccc3c(OC)c3ccccc13)C=CC=CC2c1c2ccccc2c(OC)c2ccccc12.CCc1cc2c([c-]1[SiH](C)[c-]1c(CC)cc3c1C=CC=CC3c1c3ccccc3c(OC)c3ccccc13)C=CC=CC2c1c2ccccc2c(OC)c2ccccc12.[Cl][Zr][Cl]. The Kier molecular flexibility index (Phi) is 22.7. The maximum atomic E-state index is 6.11. The van der Waals surface area contributed by atoms with Crippen molar-refractivity contribution in [2.45, 2.75) is 90.1 Å². The fourth-order valence-electron chi connectivity index (χ4n) is 21.4. The van der Waals surface area contributed by atoms with Gasteiger partial charge in [-0.3, -0.25) is 0 Å². The maximum absolute atomic E-state index is 6.11. The van der Waals surface area contributed by atoms with E-state index >= 15 is 0 Å². The van der Waals surface area contributed by atoms with Gasteiger partial charge in [-0.2, -0.15) is 68.8 Å². The second-order valence-corrected chi connectivity index (χ2v) is 40.7. The standard InChI is InChI=1S/2C55H48O2Si.2ClH.Zr/c2*1-6-34-32-48-40(50-36-20-8-14-26-42(36)52(56-3)43-27-15-9-21-37(43)50)24-12-18-30-46(48)54(34)58(5)55-35(7-2)33-49-41(25-13-19-31-47(49)55)51-38-22-10-16-28-44(38)53(57-4)45-29-17-11-23-39(45)51;;;/h2*8-33,40-41,58H,6-7H2,1-5H3;2*1H;/q2*-2;;;+2/p-2. The van der Waals surface area contributed by atoms with E-state index in [1.165, 1.54) is 132 Å². The molecule has 0 fully saturated rings. The van der Waals surface area contributed by atoms with Crippen molar-refractivity contribution in [1.29, 1.82) is 0 Å². The first-order valence-electron chi connectivity index (χ1n) is 42.1. The molecule has 4 aliphatic carbocycles. The van der Waals surface area contributed by atoms with Gasteiger partial charge in [0.25, 0.3) is 0 Å². The van der Waals surface area contributed by atoms with Crippen molar-refractivity contribution in [2.75, 3.05) is 28.4 Å². The van der Waals surface area contributed by atoms with Crippen LogP contribution in [0.25, 0.3) is 110 Å². The predicted molar refractivity (Wildman–Crippen MR) is 514 cm³/mol. The first-order chi connectivity index (χ1) is 58.6. The van der Waals surface area contributed by atoms with E-state index in [4.69, 9.17) is 36.0 Å². The molecular formula is C110H96Cl2O4Si2Zr-4. The van der Waals surface area contributed by atoms with Gasteiger partial charge in [-0.1, -0.05) is 284 Å². The van der Waals surface area contributed by atoms with Crippen molar-refractivity contribution in [1.82, 2.24) is 0 Å². The van der Waals surface area contributed by atoms with Gasteiger partial charge >= 0.3 is 37.9 Å². The molecule has 16 aromatic rings. The van der Waals surface area contributed by atoms with Crippen molar-refractivity contribution < 1.29 is 39.8 Å². The van der Waals surface area contributed by atoms with Crippen LogP contribution in [0.2, 0.25) is 13.1 Å². The Morgan fingerprint density at radius 1 is 0.269 bits per heavy atom. The second kappa shape index (κ2) is 34.1. The van der Waals surface area contributed by atoms with Crippen LogP contribution < -0.4 is 39.7 Å². The normalized spacial score (nSPS) is 16.2. The average molecular weight is 1700 g/mol. The molecule has 4 atom stereocenters. The zero-order chi connectivity index (χ0) is 81.7. The number of hydrogen-bond acceptors (Lipinski definition) is 4. The Bertz CT molecular complexity index is 5890. The molecule has 119 heavy (non-hydrogen) atoms. The van der Waals surface area contributed by atoms with Crippen molar-refractivity contribution in [3.8, 4) is 23.0 Å². The Hall–Kier alpha value is -10.9. The van der Waals surface area contributed by atoms with Gasteiger partial charge in [0.1, 0.15) is 23.0 Å². The van der Waals surface area contributed by atoms with Crippen LogP contribution in [0.1, 0.15) is 140 Å². The summed E-state index contributed by atoms with van der Waals surface area (Å²) in [7, 11) is 13.5. The number of hydrogen-bond donors (Lipinski definition) is 0.